The number of H-pyrrole nitrogens is 1. The van der Waals surface area contributed by atoms with Gasteiger partial charge in [0.25, 0.3) is 0 Å². The van der Waals surface area contributed by atoms with Crippen molar-refractivity contribution in [3.63, 3.8) is 0 Å². The van der Waals surface area contributed by atoms with Gasteiger partial charge < -0.3 is 14.8 Å². The van der Waals surface area contributed by atoms with Crippen LogP contribution in [0.5, 0.6) is 0 Å². The number of benzene rings is 2. The molecule has 1 aliphatic rings. The van der Waals surface area contributed by atoms with Gasteiger partial charge in [-0.1, -0.05) is 57.2 Å². The normalized spacial score (nSPS) is 15.0. The van der Waals surface area contributed by atoms with E-state index in [-0.39, 0.29) is 23.4 Å². The van der Waals surface area contributed by atoms with E-state index < -0.39 is 5.97 Å². The smallest absolute Gasteiger partial charge is 0.342 e. The van der Waals surface area contributed by atoms with Gasteiger partial charge >= 0.3 is 5.97 Å². The Labute approximate surface area is 152 Å². The summed E-state index contributed by atoms with van der Waals surface area (Å²) < 4.78 is 5.06. The molecular formula is C22H21NO3. The lowest BCUT2D eigenvalue weighted by Gasteiger charge is -2.19. The molecule has 1 aromatic heterocycles. The van der Waals surface area contributed by atoms with Gasteiger partial charge in [-0.25, -0.2) is 4.79 Å². The number of fused-ring (bicyclic) bond motifs is 1. The Morgan fingerprint density at radius 3 is 2.42 bits per heavy atom. The maximum Gasteiger partial charge on any atom is 0.342 e. The number of hydrogen-bond acceptors (Lipinski definition) is 3. The molecule has 2 heterocycles. The minimum atomic E-state index is -0.484. The van der Waals surface area contributed by atoms with E-state index >= 15 is 0 Å². The average Bonchev–Trinajstić information content (AvgIpc) is 3.14. The summed E-state index contributed by atoms with van der Waals surface area (Å²) in [6.45, 7) is 6.38. The molecule has 3 aromatic rings. The van der Waals surface area contributed by atoms with Crippen LogP contribution in [-0.2, 0) is 14.9 Å². The van der Waals surface area contributed by atoms with Gasteiger partial charge in [-0.15, -0.1) is 0 Å². The number of aromatic nitrogens is 1. The van der Waals surface area contributed by atoms with Gasteiger partial charge in [0.15, 0.2) is 0 Å². The van der Waals surface area contributed by atoms with E-state index in [1.54, 1.807) is 0 Å². The zero-order valence-corrected chi connectivity index (χ0v) is 15.1. The van der Waals surface area contributed by atoms with Crippen molar-refractivity contribution in [2.45, 2.75) is 26.2 Å². The minimum absolute atomic E-state index is 0.0192. The van der Waals surface area contributed by atoms with Crippen molar-refractivity contribution in [2.75, 3.05) is 6.61 Å². The molecule has 26 heavy (non-hydrogen) atoms. The molecule has 4 nitrogen and oxygen atoms in total. The van der Waals surface area contributed by atoms with E-state index in [1.165, 1.54) is 0 Å². The lowest BCUT2D eigenvalue weighted by atomic mass is 9.85. The summed E-state index contributed by atoms with van der Waals surface area (Å²) in [6.07, 6.45) is 0. The molecule has 0 saturated heterocycles. The van der Waals surface area contributed by atoms with E-state index in [9.17, 15) is 9.90 Å². The van der Waals surface area contributed by atoms with Crippen LogP contribution in [0.3, 0.4) is 0 Å². The quantitative estimate of drug-likeness (QED) is 0.644. The molecule has 0 aliphatic carbocycles. The van der Waals surface area contributed by atoms with Crippen molar-refractivity contribution < 1.29 is 14.6 Å². The highest BCUT2D eigenvalue weighted by atomic mass is 16.5. The van der Waals surface area contributed by atoms with Crippen molar-refractivity contribution in [3.8, 4) is 11.3 Å². The first kappa shape index (κ1) is 16.5. The van der Waals surface area contributed by atoms with Crippen LogP contribution < -0.4 is 0 Å². The molecule has 0 atom stereocenters. The van der Waals surface area contributed by atoms with Crippen molar-refractivity contribution >= 4 is 22.4 Å². The van der Waals surface area contributed by atoms with Crippen LogP contribution in [0.2, 0.25) is 0 Å². The summed E-state index contributed by atoms with van der Waals surface area (Å²) in [6, 6.07) is 16.0. The number of ether oxygens (including phenoxy) is 1. The second-order valence-corrected chi connectivity index (χ2v) is 7.65. The van der Waals surface area contributed by atoms with Gasteiger partial charge in [-0.2, -0.15) is 0 Å². The average molecular weight is 347 g/mol. The number of rotatable bonds is 2. The van der Waals surface area contributed by atoms with Crippen LogP contribution in [0.15, 0.2) is 54.3 Å². The number of cyclic esters (lactones) is 1. The highest BCUT2D eigenvalue weighted by molar-refractivity contribution is 6.24. The SMILES string of the molecule is CC(C)(C)c1ccc2[nH]c(-c3ccccc3)c(C3=C(O)COC3=O)c2c1. The molecule has 4 rings (SSSR count). The zero-order chi connectivity index (χ0) is 18.5. The van der Waals surface area contributed by atoms with Gasteiger partial charge in [-0.3, -0.25) is 0 Å². The van der Waals surface area contributed by atoms with E-state index in [4.69, 9.17) is 4.74 Å². The number of hydrogen-bond donors (Lipinski definition) is 2. The Kier molecular flexibility index (Phi) is 3.65. The molecule has 1 aliphatic heterocycles. The van der Waals surface area contributed by atoms with Crippen molar-refractivity contribution in [1.82, 2.24) is 4.98 Å². The fraction of sp³-hybridized carbons (Fsp3) is 0.227. The van der Waals surface area contributed by atoms with Crippen LogP contribution in [0, 0.1) is 0 Å². The third-order valence-electron chi connectivity index (χ3n) is 4.81. The second kappa shape index (κ2) is 5.77. The van der Waals surface area contributed by atoms with Crippen LogP contribution in [0.1, 0.15) is 31.9 Å². The maximum atomic E-state index is 12.3. The zero-order valence-electron chi connectivity index (χ0n) is 15.1. The fourth-order valence-corrected chi connectivity index (χ4v) is 3.38. The Balaban J connectivity index is 2.07. The molecule has 0 saturated carbocycles. The summed E-state index contributed by atoms with van der Waals surface area (Å²) in [5.74, 6) is -0.504. The van der Waals surface area contributed by atoms with Crippen LogP contribution in [0.25, 0.3) is 27.7 Å². The van der Waals surface area contributed by atoms with E-state index in [2.05, 4.69) is 37.9 Å². The topological polar surface area (TPSA) is 62.3 Å². The van der Waals surface area contributed by atoms with Crippen LogP contribution in [-0.4, -0.2) is 22.7 Å². The van der Waals surface area contributed by atoms with Crippen molar-refractivity contribution in [2.24, 2.45) is 0 Å². The predicted octanol–water partition coefficient (Wildman–Crippen LogP) is 4.96. The summed E-state index contributed by atoms with van der Waals surface area (Å²) >= 11 is 0. The molecule has 2 N–H and O–H groups in total. The standard InChI is InChI=1S/C22H21NO3/c1-22(2,3)14-9-10-16-15(11-14)18(19-17(24)12-26-21(19)25)20(23-16)13-7-5-4-6-8-13/h4-11,23-24H,12H2,1-3H3. The number of nitrogens with one attached hydrogen (secondary N) is 1. The maximum absolute atomic E-state index is 12.3. The van der Waals surface area contributed by atoms with Gasteiger partial charge in [0.2, 0.25) is 0 Å². The first-order chi connectivity index (χ1) is 12.4. The third kappa shape index (κ3) is 2.58. The first-order valence-corrected chi connectivity index (χ1v) is 8.67. The largest absolute Gasteiger partial charge is 0.508 e. The Hall–Kier alpha value is -3.01. The third-order valence-corrected chi connectivity index (χ3v) is 4.81. The molecule has 0 radical (unpaired) electrons. The lowest BCUT2D eigenvalue weighted by Crippen LogP contribution is -2.10. The molecule has 0 fully saturated rings. The molecular weight excluding hydrogens is 326 g/mol. The van der Waals surface area contributed by atoms with Crippen molar-refractivity contribution in [3.05, 3.63) is 65.4 Å². The molecule has 132 valence electrons. The summed E-state index contributed by atoms with van der Waals surface area (Å²) in [7, 11) is 0. The molecule has 4 heteroatoms. The number of aliphatic hydroxyl groups excluding tert-OH is 1. The Bertz CT molecular complexity index is 1040. The number of aromatic amines is 1. The first-order valence-electron chi connectivity index (χ1n) is 8.67. The Morgan fingerprint density at radius 1 is 1.08 bits per heavy atom. The highest BCUT2D eigenvalue weighted by Gasteiger charge is 2.31. The molecule has 0 amide bonds. The van der Waals surface area contributed by atoms with Gasteiger partial charge in [0.1, 0.15) is 17.9 Å². The predicted molar refractivity (Wildman–Crippen MR) is 103 cm³/mol. The summed E-state index contributed by atoms with van der Waals surface area (Å²) in [4.78, 5) is 15.8. The number of aliphatic hydroxyl groups is 1. The minimum Gasteiger partial charge on any atom is -0.508 e. The van der Waals surface area contributed by atoms with Gasteiger partial charge in [-0.05, 0) is 28.7 Å². The van der Waals surface area contributed by atoms with Crippen LogP contribution in [0.4, 0.5) is 0 Å². The van der Waals surface area contributed by atoms with Crippen LogP contribution >= 0.6 is 0 Å². The summed E-state index contributed by atoms with van der Waals surface area (Å²) in [5.41, 5.74) is 4.78. The van der Waals surface area contributed by atoms with Gasteiger partial charge in [0.05, 0.1) is 5.69 Å². The monoisotopic (exact) mass is 347 g/mol. The van der Waals surface area contributed by atoms with Gasteiger partial charge in [0, 0.05) is 16.5 Å². The van der Waals surface area contributed by atoms with Crippen molar-refractivity contribution in [1.29, 1.82) is 0 Å². The number of esters is 1. The number of carbonyl (C=O) groups excluding carboxylic acids is 1. The Morgan fingerprint density at radius 2 is 1.81 bits per heavy atom. The molecule has 0 spiro atoms. The molecule has 2 aromatic carbocycles. The molecule has 0 bridgehead atoms. The molecule has 0 unspecified atom stereocenters. The highest BCUT2D eigenvalue weighted by Crippen LogP contribution is 2.40. The lowest BCUT2D eigenvalue weighted by molar-refractivity contribution is -0.134. The number of carbonyl (C=O) groups is 1. The fourth-order valence-electron chi connectivity index (χ4n) is 3.38. The van der Waals surface area contributed by atoms with E-state index in [1.807, 2.05) is 36.4 Å². The summed E-state index contributed by atoms with van der Waals surface area (Å²) in [5, 5.41) is 11.2. The van der Waals surface area contributed by atoms with E-state index in [0.29, 0.717) is 5.56 Å². The second-order valence-electron chi connectivity index (χ2n) is 7.65. The van der Waals surface area contributed by atoms with E-state index in [0.717, 1.165) is 27.7 Å².